The Labute approximate surface area is 132 Å². The Morgan fingerprint density at radius 2 is 1.95 bits per heavy atom. The molecule has 4 nitrogen and oxygen atoms in total. The minimum absolute atomic E-state index is 0.168. The van der Waals surface area contributed by atoms with Gasteiger partial charge in [0, 0.05) is 18.8 Å². The molecule has 2 aromatic rings. The van der Waals surface area contributed by atoms with Gasteiger partial charge in [-0.2, -0.15) is 5.10 Å². The van der Waals surface area contributed by atoms with Crippen LogP contribution in [0.1, 0.15) is 29.8 Å². The van der Waals surface area contributed by atoms with Crippen LogP contribution in [0.5, 0.6) is 0 Å². The molecule has 1 heterocycles. The maximum absolute atomic E-state index is 10.0. The summed E-state index contributed by atoms with van der Waals surface area (Å²) >= 11 is 0. The first-order valence-corrected chi connectivity index (χ1v) is 8.02. The number of aryl methyl sites for hydroxylation is 2. The lowest BCUT2D eigenvalue weighted by Gasteiger charge is -2.20. The van der Waals surface area contributed by atoms with Crippen molar-refractivity contribution in [2.75, 3.05) is 13.6 Å². The summed E-state index contributed by atoms with van der Waals surface area (Å²) in [6.45, 7) is 5.70. The first-order chi connectivity index (χ1) is 10.5. The number of hydrogen-bond donors (Lipinski definition) is 1. The van der Waals surface area contributed by atoms with E-state index in [4.69, 9.17) is 0 Å². The van der Waals surface area contributed by atoms with Crippen molar-refractivity contribution in [3.05, 3.63) is 47.3 Å². The molecule has 0 radical (unpaired) electrons. The fourth-order valence-electron chi connectivity index (χ4n) is 2.96. The number of aliphatic hydroxyl groups is 1. The zero-order valence-corrected chi connectivity index (χ0v) is 13.7. The lowest BCUT2D eigenvalue weighted by molar-refractivity contribution is 0.104. The maximum Gasteiger partial charge on any atom is 0.0695 e. The topological polar surface area (TPSA) is 41.3 Å². The van der Waals surface area contributed by atoms with Crippen molar-refractivity contribution < 1.29 is 5.11 Å². The van der Waals surface area contributed by atoms with Gasteiger partial charge in [0.2, 0.25) is 0 Å². The van der Waals surface area contributed by atoms with Gasteiger partial charge in [0.25, 0.3) is 0 Å². The van der Waals surface area contributed by atoms with Crippen molar-refractivity contribution in [2.45, 2.75) is 39.3 Å². The third-order valence-corrected chi connectivity index (χ3v) is 4.31. The predicted molar refractivity (Wildman–Crippen MR) is 88.1 cm³/mol. The van der Waals surface area contributed by atoms with E-state index in [0.29, 0.717) is 5.92 Å². The Kier molecular flexibility index (Phi) is 4.32. The van der Waals surface area contributed by atoms with Gasteiger partial charge in [-0.15, -0.1) is 0 Å². The molecule has 1 saturated carbocycles. The fourth-order valence-corrected chi connectivity index (χ4v) is 2.96. The van der Waals surface area contributed by atoms with E-state index in [1.54, 1.807) is 0 Å². The highest BCUT2D eigenvalue weighted by atomic mass is 16.3. The Morgan fingerprint density at radius 1 is 1.27 bits per heavy atom. The fraction of sp³-hybridized carbons (Fsp3) is 0.500. The molecule has 1 aliphatic rings. The number of rotatable bonds is 6. The molecule has 1 aromatic heterocycles. The molecule has 4 heteroatoms. The average molecular weight is 299 g/mol. The first-order valence-electron chi connectivity index (χ1n) is 8.02. The van der Waals surface area contributed by atoms with E-state index < -0.39 is 0 Å². The molecule has 1 N–H and O–H groups in total. The summed E-state index contributed by atoms with van der Waals surface area (Å²) in [5, 5.41) is 14.5. The van der Waals surface area contributed by atoms with Crippen molar-refractivity contribution in [1.82, 2.24) is 14.7 Å². The smallest absolute Gasteiger partial charge is 0.0695 e. The molecule has 1 unspecified atom stereocenters. The standard InChI is InChI=1S/C18H25N3O/c1-13-10-14(2)21(19-13)17-8-4-15(5-9-17)11-20(3)12-18(22)16-6-7-16/h4-5,8-10,16,18,22H,6-7,11-12H2,1-3H3. The molecule has 0 bridgehead atoms. The van der Waals surface area contributed by atoms with Gasteiger partial charge in [0.05, 0.1) is 17.5 Å². The van der Waals surface area contributed by atoms with Gasteiger partial charge in [0.15, 0.2) is 0 Å². The lowest BCUT2D eigenvalue weighted by Crippen LogP contribution is -2.30. The van der Waals surface area contributed by atoms with Crippen LogP contribution >= 0.6 is 0 Å². The van der Waals surface area contributed by atoms with Crippen molar-refractivity contribution >= 4 is 0 Å². The van der Waals surface area contributed by atoms with Crippen LogP contribution in [0.3, 0.4) is 0 Å². The van der Waals surface area contributed by atoms with Gasteiger partial charge in [0.1, 0.15) is 0 Å². The molecule has 22 heavy (non-hydrogen) atoms. The van der Waals surface area contributed by atoms with Gasteiger partial charge >= 0.3 is 0 Å². The molecular formula is C18H25N3O. The van der Waals surface area contributed by atoms with Crippen LogP contribution < -0.4 is 0 Å². The molecule has 0 amide bonds. The Morgan fingerprint density at radius 3 is 2.50 bits per heavy atom. The van der Waals surface area contributed by atoms with E-state index in [-0.39, 0.29) is 6.10 Å². The third-order valence-electron chi connectivity index (χ3n) is 4.31. The largest absolute Gasteiger partial charge is 0.392 e. The second kappa shape index (κ2) is 6.23. The molecule has 118 valence electrons. The van der Waals surface area contributed by atoms with E-state index in [1.807, 2.05) is 11.6 Å². The SMILES string of the molecule is Cc1cc(C)n(-c2ccc(CN(C)CC(O)C3CC3)cc2)n1. The molecule has 0 aliphatic heterocycles. The van der Waals surface area contributed by atoms with Crippen LogP contribution in [0.4, 0.5) is 0 Å². The predicted octanol–water partition coefficient (Wildman–Crippen LogP) is 2.69. The van der Waals surface area contributed by atoms with E-state index in [2.05, 4.69) is 54.3 Å². The van der Waals surface area contributed by atoms with Gasteiger partial charge in [-0.1, -0.05) is 12.1 Å². The summed E-state index contributed by atoms with van der Waals surface area (Å²) in [7, 11) is 2.07. The molecule has 0 saturated heterocycles. The first kappa shape index (κ1) is 15.3. The second-order valence-corrected chi connectivity index (χ2v) is 6.61. The van der Waals surface area contributed by atoms with Gasteiger partial charge in [-0.05, 0) is 63.4 Å². The highest BCUT2D eigenvalue weighted by Gasteiger charge is 2.30. The Balaban J connectivity index is 1.62. The molecule has 1 atom stereocenters. The lowest BCUT2D eigenvalue weighted by atomic mass is 10.1. The minimum Gasteiger partial charge on any atom is -0.392 e. The summed E-state index contributed by atoms with van der Waals surface area (Å²) in [4.78, 5) is 2.20. The van der Waals surface area contributed by atoms with E-state index in [9.17, 15) is 5.11 Å². The van der Waals surface area contributed by atoms with Gasteiger partial charge < -0.3 is 5.11 Å². The van der Waals surface area contributed by atoms with Crippen LogP contribution in [-0.2, 0) is 6.54 Å². The normalized spacial score (nSPS) is 16.2. The molecule has 1 aromatic carbocycles. The number of aromatic nitrogens is 2. The van der Waals surface area contributed by atoms with Crippen LogP contribution in [0.15, 0.2) is 30.3 Å². The Hall–Kier alpha value is -1.65. The molecule has 3 rings (SSSR count). The molecule has 1 aliphatic carbocycles. The van der Waals surface area contributed by atoms with Crippen molar-refractivity contribution in [3.63, 3.8) is 0 Å². The van der Waals surface area contributed by atoms with Gasteiger partial charge in [-0.3, -0.25) is 4.90 Å². The Bertz CT molecular complexity index is 628. The van der Waals surface area contributed by atoms with E-state index >= 15 is 0 Å². The summed E-state index contributed by atoms with van der Waals surface area (Å²) in [6.07, 6.45) is 2.21. The number of aliphatic hydroxyl groups excluding tert-OH is 1. The molecule has 1 fully saturated rings. The summed E-state index contributed by atoms with van der Waals surface area (Å²) < 4.78 is 1.97. The van der Waals surface area contributed by atoms with E-state index in [1.165, 1.54) is 18.4 Å². The highest BCUT2D eigenvalue weighted by Crippen LogP contribution is 2.32. The second-order valence-electron chi connectivity index (χ2n) is 6.61. The molecule has 0 spiro atoms. The van der Waals surface area contributed by atoms with Crippen LogP contribution in [0.25, 0.3) is 5.69 Å². The number of nitrogens with zero attached hydrogens (tertiary/aromatic N) is 3. The van der Waals surface area contributed by atoms with Crippen LogP contribution in [-0.4, -0.2) is 39.5 Å². The maximum atomic E-state index is 10.0. The van der Waals surface area contributed by atoms with Crippen molar-refractivity contribution in [3.8, 4) is 5.69 Å². The summed E-state index contributed by atoms with van der Waals surface area (Å²) in [5.74, 6) is 0.538. The zero-order valence-electron chi connectivity index (χ0n) is 13.7. The number of hydrogen-bond acceptors (Lipinski definition) is 3. The highest BCUT2D eigenvalue weighted by molar-refractivity contribution is 5.36. The number of likely N-dealkylation sites (N-methyl/N-ethyl adjacent to an activating group) is 1. The minimum atomic E-state index is -0.168. The monoisotopic (exact) mass is 299 g/mol. The van der Waals surface area contributed by atoms with E-state index in [0.717, 1.165) is 30.2 Å². The van der Waals surface area contributed by atoms with Crippen molar-refractivity contribution in [2.24, 2.45) is 5.92 Å². The summed E-state index contributed by atoms with van der Waals surface area (Å²) in [6, 6.07) is 10.6. The molecular weight excluding hydrogens is 274 g/mol. The third kappa shape index (κ3) is 3.57. The van der Waals surface area contributed by atoms with Gasteiger partial charge in [-0.25, -0.2) is 4.68 Å². The number of benzene rings is 1. The average Bonchev–Trinajstić information content (AvgIpc) is 3.25. The van der Waals surface area contributed by atoms with Crippen molar-refractivity contribution in [1.29, 1.82) is 0 Å². The summed E-state index contributed by atoms with van der Waals surface area (Å²) in [5.41, 5.74) is 4.54. The zero-order chi connectivity index (χ0) is 15.7. The quantitative estimate of drug-likeness (QED) is 0.891. The van der Waals surface area contributed by atoms with Crippen LogP contribution in [0.2, 0.25) is 0 Å². The van der Waals surface area contributed by atoms with Crippen LogP contribution in [0, 0.1) is 19.8 Å².